The molecule has 1 aliphatic heterocycles. The van der Waals surface area contributed by atoms with E-state index in [2.05, 4.69) is 19.2 Å². The molecule has 0 amide bonds. The zero-order chi connectivity index (χ0) is 21.3. The molecule has 3 aliphatic carbocycles. The van der Waals surface area contributed by atoms with E-state index < -0.39 is 17.5 Å². The third-order valence-corrected chi connectivity index (χ3v) is 7.48. The minimum atomic E-state index is -1.96. The molecule has 0 spiro atoms. The van der Waals surface area contributed by atoms with Crippen molar-refractivity contribution in [3.8, 4) is 11.5 Å². The first-order chi connectivity index (χ1) is 15.0. The van der Waals surface area contributed by atoms with Gasteiger partial charge in [0, 0.05) is 24.2 Å². The first-order valence-electron chi connectivity index (χ1n) is 10.8. The molecule has 4 atom stereocenters. The summed E-state index contributed by atoms with van der Waals surface area (Å²) < 4.78 is 27.9. The maximum atomic E-state index is 16.8. The van der Waals surface area contributed by atoms with E-state index in [0.717, 1.165) is 23.1 Å². The average Bonchev–Trinajstić information content (AvgIpc) is 3.43. The van der Waals surface area contributed by atoms with Crippen molar-refractivity contribution in [3.63, 3.8) is 0 Å². The van der Waals surface area contributed by atoms with Gasteiger partial charge in [-0.05, 0) is 47.2 Å². The number of benzene rings is 2. The van der Waals surface area contributed by atoms with E-state index in [4.69, 9.17) is 9.47 Å². The highest BCUT2D eigenvalue weighted by molar-refractivity contribution is 6.00. The van der Waals surface area contributed by atoms with Gasteiger partial charge in [-0.25, -0.2) is 4.39 Å². The molecular weight excluding hydrogens is 391 g/mol. The van der Waals surface area contributed by atoms with Gasteiger partial charge in [0.05, 0.1) is 0 Å². The fourth-order valence-corrected chi connectivity index (χ4v) is 6.14. The van der Waals surface area contributed by atoms with Gasteiger partial charge >= 0.3 is 0 Å². The van der Waals surface area contributed by atoms with E-state index in [1.165, 1.54) is 11.1 Å². The first kappa shape index (κ1) is 18.6. The summed E-state index contributed by atoms with van der Waals surface area (Å²) in [6.07, 6.45) is 3.01. The second-order valence-electron chi connectivity index (χ2n) is 8.96. The quantitative estimate of drug-likeness (QED) is 0.616. The van der Waals surface area contributed by atoms with Gasteiger partial charge in [-0.3, -0.25) is 4.79 Å². The number of ether oxygens (including phenoxy) is 2. The zero-order valence-corrected chi connectivity index (χ0v) is 17.2. The molecule has 31 heavy (non-hydrogen) atoms. The van der Waals surface area contributed by atoms with Gasteiger partial charge in [-0.2, -0.15) is 0 Å². The van der Waals surface area contributed by atoms with Crippen LogP contribution >= 0.6 is 0 Å². The lowest BCUT2D eigenvalue weighted by molar-refractivity contribution is -0.132. The van der Waals surface area contributed by atoms with Crippen LogP contribution in [0.1, 0.15) is 35.4 Å². The van der Waals surface area contributed by atoms with Crippen LogP contribution in [-0.4, -0.2) is 18.2 Å². The molecule has 0 saturated heterocycles. The fourth-order valence-electron chi connectivity index (χ4n) is 6.14. The summed E-state index contributed by atoms with van der Waals surface area (Å²) in [7, 11) is 0. The summed E-state index contributed by atoms with van der Waals surface area (Å²) in [6.45, 7) is 8.23. The normalized spacial score (nSPS) is 30.3. The number of rotatable bonds is 3. The molecule has 6 rings (SSSR count). The fraction of sp³-hybridized carbons (Fsp3) is 0.296. The standard InChI is InChI=1S/C27H23FO3/c1-3-6-18-15(2)25-24(17-9-10-22-23(12-17)31-14-30-22)20-11-16-7-4-5-8-19(16)21(20)13-27(25,28)26(18)29/h3-5,7-10,12,18,24-25H,1-2,6,11,13-14H2. The molecule has 1 fully saturated rings. The van der Waals surface area contributed by atoms with Crippen LogP contribution in [0.4, 0.5) is 4.39 Å². The Hall–Kier alpha value is -3.14. The summed E-state index contributed by atoms with van der Waals surface area (Å²) in [6, 6.07) is 14.0. The monoisotopic (exact) mass is 414 g/mol. The lowest BCUT2D eigenvalue weighted by Crippen LogP contribution is -2.42. The van der Waals surface area contributed by atoms with Crippen molar-refractivity contribution in [2.24, 2.45) is 11.8 Å². The molecule has 4 aliphatic rings. The Balaban J connectivity index is 1.56. The van der Waals surface area contributed by atoms with Crippen LogP contribution in [-0.2, 0) is 11.2 Å². The number of hydrogen-bond acceptors (Lipinski definition) is 3. The second-order valence-corrected chi connectivity index (χ2v) is 8.96. The Morgan fingerprint density at radius 3 is 2.81 bits per heavy atom. The molecule has 0 N–H and O–H groups in total. The van der Waals surface area contributed by atoms with Gasteiger partial charge in [0.25, 0.3) is 0 Å². The van der Waals surface area contributed by atoms with E-state index in [1.54, 1.807) is 6.08 Å². The number of hydrogen-bond donors (Lipinski definition) is 0. The van der Waals surface area contributed by atoms with E-state index in [9.17, 15) is 4.79 Å². The van der Waals surface area contributed by atoms with Crippen LogP contribution in [0.3, 0.4) is 0 Å². The largest absolute Gasteiger partial charge is 0.454 e. The van der Waals surface area contributed by atoms with Crippen molar-refractivity contribution >= 4 is 11.4 Å². The smallest absolute Gasteiger partial charge is 0.231 e. The van der Waals surface area contributed by atoms with Crippen molar-refractivity contribution < 1.29 is 18.7 Å². The number of carbonyl (C=O) groups is 1. The molecule has 3 nitrogen and oxygen atoms in total. The van der Waals surface area contributed by atoms with E-state index in [0.29, 0.717) is 23.5 Å². The highest BCUT2D eigenvalue weighted by Crippen LogP contribution is 2.62. The molecule has 1 saturated carbocycles. The average molecular weight is 414 g/mol. The third-order valence-electron chi connectivity index (χ3n) is 7.48. The Bertz CT molecular complexity index is 1190. The number of halogens is 1. The van der Waals surface area contributed by atoms with Crippen molar-refractivity contribution in [2.75, 3.05) is 6.79 Å². The minimum Gasteiger partial charge on any atom is -0.454 e. The molecular formula is C27H23FO3. The van der Waals surface area contributed by atoms with Crippen LogP contribution in [0.2, 0.25) is 0 Å². The highest BCUT2D eigenvalue weighted by atomic mass is 19.1. The van der Waals surface area contributed by atoms with Crippen LogP contribution < -0.4 is 9.47 Å². The van der Waals surface area contributed by atoms with Gasteiger partial charge in [0.1, 0.15) is 0 Å². The molecule has 0 bridgehead atoms. The highest BCUT2D eigenvalue weighted by Gasteiger charge is 2.63. The number of alkyl halides is 1. The number of fused-ring (bicyclic) bond motifs is 4. The molecule has 4 heteroatoms. The summed E-state index contributed by atoms with van der Waals surface area (Å²) in [4.78, 5) is 13.4. The summed E-state index contributed by atoms with van der Waals surface area (Å²) in [5, 5.41) is 0. The van der Waals surface area contributed by atoms with Crippen LogP contribution in [0, 0.1) is 11.8 Å². The van der Waals surface area contributed by atoms with Gasteiger partial charge in [-0.15, -0.1) is 6.58 Å². The van der Waals surface area contributed by atoms with Crippen molar-refractivity contribution in [1.29, 1.82) is 0 Å². The summed E-state index contributed by atoms with van der Waals surface area (Å²) >= 11 is 0. The Morgan fingerprint density at radius 2 is 1.97 bits per heavy atom. The molecule has 0 aromatic heterocycles. The second kappa shape index (κ2) is 6.43. The predicted octanol–water partition coefficient (Wildman–Crippen LogP) is 5.57. The number of carbonyl (C=O) groups excluding carboxylic acids is 1. The van der Waals surface area contributed by atoms with Gasteiger partial charge in [0.15, 0.2) is 23.0 Å². The van der Waals surface area contributed by atoms with Crippen molar-refractivity contribution in [1.82, 2.24) is 0 Å². The zero-order valence-electron chi connectivity index (χ0n) is 17.2. The number of allylic oxidation sites excluding steroid dienone is 4. The molecule has 0 radical (unpaired) electrons. The topological polar surface area (TPSA) is 35.5 Å². The Labute approximate surface area is 180 Å². The molecule has 1 heterocycles. The summed E-state index contributed by atoms with van der Waals surface area (Å²) in [5.41, 5.74) is 4.14. The van der Waals surface area contributed by atoms with E-state index >= 15 is 4.39 Å². The molecule has 4 unspecified atom stereocenters. The molecule has 2 aromatic carbocycles. The van der Waals surface area contributed by atoms with Gasteiger partial charge in [0.2, 0.25) is 6.79 Å². The number of Topliss-reactive ketones (excluding diaryl/α,β-unsaturated/α-hetero) is 1. The Morgan fingerprint density at radius 1 is 1.16 bits per heavy atom. The van der Waals surface area contributed by atoms with Crippen LogP contribution in [0.5, 0.6) is 11.5 Å². The SMILES string of the molecule is C=CCC1C(=C)C2C(c3ccc4c(c3)OCO4)C3=C(CC2(F)C1=O)c1ccccc1C3. The maximum absolute atomic E-state index is 16.8. The molecule has 2 aromatic rings. The lowest BCUT2D eigenvalue weighted by atomic mass is 9.65. The van der Waals surface area contributed by atoms with E-state index in [-0.39, 0.29) is 24.9 Å². The maximum Gasteiger partial charge on any atom is 0.231 e. The van der Waals surface area contributed by atoms with Gasteiger partial charge in [-0.1, -0.05) is 54.1 Å². The number of ketones is 1. The first-order valence-corrected chi connectivity index (χ1v) is 10.8. The van der Waals surface area contributed by atoms with Crippen LogP contribution in [0.25, 0.3) is 5.57 Å². The van der Waals surface area contributed by atoms with Gasteiger partial charge < -0.3 is 9.47 Å². The summed E-state index contributed by atoms with van der Waals surface area (Å²) in [5.74, 6) is -0.340. The molecule has 156 valence electrons. The van der Waals surface area contributed by atoms with Crippen molar-refractivity contribution in [2.45, 2.75) is 30.8 Å². The predicted molar refractivity (Wildman–Crippen MR) is 117 cm³/mol. The third kappa shape index (κ3) is 2.42. The minimum absolute atomic E-state index is 0.122. The van der Waals surface area contributed by atoms with E-state index in [1.807, 2.05) is 36.4 Å². The lowest BCUT2D eigenvalue weighted by Gasteiger charge is -2.39. The Kier molecular flexibility index (Phi) is 3.86. The van der Waals surface area contributed by atoms with Crippen LogP contribution in [0.15, 0.2) is 72.8 Å². The van der Waals surface area contributed by atoms with Crippen molar-refractivity contribution in [3.05, 3.63) is 89.5 Å².